The van der Waals surface area contributed by atoms with E-state index in [-0.39, 0.29) is 40.5 Å². The van der Waals surface area contributed by atoms with Crippen LogP contribution in [0.3, 0.4) is 0 Å². The topological polar surface area (TPSA) is 114 Å². The van der Waals surface area contributed by atoms with Gasteiger partial charge in [-0.1, -0.05) is 37.3 Å². The smallest absolute Gasteiger partial charge is 0.394 e. The Morgan fingerprint density at radius 2 is 1.76 bits per heavy atom. The van der Waals surface area contributed by atoms with E-state index in [1.54, 1.807) is 24.5 Å². The van der Waals surface area contributed by atoms with Crippen LogP contribution in [0.25, 0.3) is 0 Å². The van der Waals surface area contributed by atoms with E-state index < -0.39 is 40.1 Å². The Hall–Kier alpha value is -3.42. The van der Waals surface area contributed by atoms with E-state index >= 15 is 0 Å². The van der Waals surface area contributed by atoms with E-state index in [9.17, 15) is 31.5 Å². The quantitative estimate of drug-likeness (QED) is 0.380. The number of rotatable bonds is 9. The zero-order valence-corrected chi connectivity index (χ0v) is 24.1. The van der Waals surface area contributed by atoms with Crippen molar-refractivity contribution in [3.8, 4) is 0 Å². The number of hydrogen-bond acceptors (Lipinski definition) is 7. The molecule has 42 heavy (non-hydrogen) atoms. The molecule has 226 valence electrons. The van der Waals surface area contributed by atoms with Crippen LogP contribution in [0, 0.1) is 6.92 Å². The van der Waals surface area contributed by atoms with Crippen molar-refractivity contribution in [2.75, 3.05) is 30.5 Å². The number of amides is 1. The fraction of sp³-hybridized carbons (Fsp3) is 0.448. The first-order valence-corrected chi connectivity index (χ1v) is 15.4. The fourth-order valence-electron chi connectivity index (χ4n) is 5.72. The van der Waals surface area contributed by atoms with Crippen LogP contribution in [0.4, 0.5) is 19.1 Å². The minimum atomic E-state index is -4.55. The van der Waals surface area contributed by atoms with Gasteiger partial charge in [0.25, 0.3) is 5.91 Å². The second kappa shape index (κ2) is 11.7. The second-order valence-electron chi connectivity index (χ2n) is 10.6. The number of nitrogens with one attached hydrogen (secondary N) is 1. The second-order valence-corrected chi connectivity index (χ2v) is 12.9. The Morgan fingerprint density at radius 1 is 1.12 bits per heavy atom. The van der Waals surface area contributed by atoms with Crippen molar-refractivity contribution in [1.82, 2.24) is 14.9 Å². The van der Waals surface area contributed by atoms with Crippen molar-refractivity contribution < 1.29 is 36.2 Å². The average Bonchev–Trinajstić information content (AvgIpc) is 3.41. The number of anilines is 1. The number of hydrogen-bond donors (Lipinski definition) is 2. The number of sulfone groups is 1. The lowest BCUT2D eigenvalue weighted by molar-refractivity contribution is -0.138. The summed E-state index contributed by atoms with van der Waals surface area (Å²) in [4.78, 5) is 20.4. The number of nitrogens with zero attached hydrogens (tertiary/aromatic N) is 3. The van der Waals surface area contributed by atoms with Crippen molar-refractivity contribution >= 4 is 21.7 Å². The predicted molar refractivity (Wildman–Crippen MR) is 149 cm³/mol. The highest BCUT2D eigenvalue weighted by Crippen LogP contribution is 2.37. The third kappa shape index (κ3) is 5.77. The van der Waals surface area contributed by atoms with Gasteiger partial charge in [0.05, 0.1) is 60.7 Å². The molecule has 2 aliphatic rings. The van der Waals surface area contributed by atoms with Crippen LogP contribution in [0.1, 0.15) is 58.7 Å². The van der Waals surface area contributed by atoms with Crippen molar-refractivity contribution in [3.63, 3.8) is 0 Å². The Morgan fingerprint density at radius 3 is 2.36 bits per heavy atom. The van der Waals surface area contributed by atoms with Crippen LogP contribution in [0.2, 0.25) is 0 Å². The summed E-state index contributed by atoms with van der Waals surface area (Å²) in [5.74, 6) is -0.267. The predicted octanol–water partition coefficient (Wildman–Crippen LogP) is 3.88. The first kappa shape index (κ1) is 30.1. The minimum absolute atomic E-state index is 0.0128. The molecule has 2 saturated heterocycles. The average molecular weight is 607 g/mol. The minimum Gasteiger partial charge on any atom is -0.394 e. The molecular formula is C29H33F3N4O5S. The van der Waals surface area contributed by atoms with Crippen LogP contribution in [0.15, 0.2) is 53.4 Å². The van der Waals surface area contributed by atoms with Crippen molar-refractivity contribution in [1.29, 1.82) is 0 Å². The number of morpholine rings is 1. The van der Waals surface area contributed by atoms with Crippen molar-refractivity contribution in [2.45, 2.75) is 62.4 Å². The first-order valence-electron chi connectivity index (χ1n) is 13.8. The van der Waals surface area contributed by atoms with Gasteiger partial charge in [-0.05, 0) is 49.1 Å². The molecule has 3 aromatic rings. The van der Waals surface area contributed by atoms with Crippen LogP contribution < -0.4 is 10.2 Å². The van der Waals surface area contributed by atoms with Gasteiger partial charge in [-0.15, -0.1) is 0 Å². The van der Waals surface area contributed by atoms with E-state index in [4.69, 9.17) is 4.74 Å². The number of ether oxygens (including phenoxy) is 1. The summed E-state index contributed by atoms with van der Waals surface area (Å²) in [6.07, 6.45) is -2.87. The molecular weight excluding hydrogens is 573 g/mol. The molecule has 0 radical (unpaired) electrons. The number of fused-ring (bicyclic) bond motifs is 2. The number of alkyl halides is 3. The molecule has 13 heteroatoms. The van der Waals surface area contributed by atoms with Crippen LogP contribution in [0.5, 0.6) is 0 Å². The Balaban J connectivity index is 1.49. The van der Waals surface area contributed by atoms with E-state index in [1.807, 2.05) is 0 Å². The number of imidazole rings is 1. The van der Waals surface area contributed by atoms with Crippen LogP contribution >= 0.6 is 0 Å². The molecule has 0 aliphatic carbocycles. The molecule has 1 aromatic heterocycles. The largest absolute Gasteiger partial charge is 0.416 e. The lowest BCUT2D eigenvalue weighted by atomic mass is 10.1. The zero-order valence-electron chi connectivity index (χ0n) is 23.3. The standard InChI is InChI=1S/C29H33F3N4O5S/c1-3-42(39,40)23-12-8-19(9-13-23)25(15-37)33-27(38)26-18(2)35(14-20-6-4-5-7-24(20)29(30,31)32)28(34-26)36-21-10-11-22(36)17-41-16-21/h4-9,12-13,21-22,25,37H,3,10-11,14-17H2,1-2H3,(H,33,38)/t21?,22?,25-/m1/s1. The van der Waals surface area contributed by atoms with Gasteiger partial charge in [0.15, 0.2) is 15.5 Å². The lowest BCUT2D eigenvalue weighted by Gasteiger charge is -2.36. The summed E-state index contributed by atoms with van der Waals surface area (Å²) in [5.41, 5.74) is 0.197. The number of aliphatic hydroxyl groups excluding tert-OH is 1. The summed E-state index contributed by atoms with van der Waals surface area (Å²) < 4.78 is 73.2. The maximum Gasteiger partial charge on any atom is 0.416 e. The van der Waals surface area contributed by atoms with Crippen LogP contribution in [-0.2, 0) is 27.3 Å². The van der Waals surface area contributed by atoms with Crippen molar-refractivity contribution in [2.24, 2.45) is 0 Å². The summed E-state index contributed by atoms with van der Waals surface area (Å²) in [6, 6.07) is 10.4. The molecule has 3 atom stereocenters. The number of benzene rings is 2. The SMILES string of the molecule is CCS(=O)(=O)c1ccc([C@@H](CO)NC(=O)c2nc(N3C4CCC3COC4)n(Cc3ccccc3C(F)(F)F)c2C)cc1. The molecule has 9 nitrogen and oxygen atoms in total. The Kier molecular flexibility index (Phi) is 8.37. The highest BCUT2D eigenvalue weighted by molar-refractivity contribution is 7.91. The molecule has 0 saturated carbocycles. The maximum atomic E-state index is 13.9. The van der Waals surface area contributed by atoms with Crippen molar-refractivity contribution in [3.05, 3.63) is 76.6 Å². The molecule has 3 heterocycles. The summed E-state index contributed by atoms with van der Waals surface area (Å²) in [6.45, 7) is 3.48. The normalized spacial score (nSPS) is 19.6. The highest BCUT2D eigenvalue weighted by Gasteiger charge is 2.41. The van der Waals surface area contributed by atoms with E-state index in [1.165, 1.54) is 36.4 Å². The first-order chi connectivity index (χ1) is 19.9. The highest BCUT2D eigenvalue weighted by atomic mass is 32.2. The number of halogens is 3. The third-order valence-corrected chi connectivity index (χ3v) is 9.80. The van der Waals surface area contributed by atoms with Gasteiger partial charge >= 0.3 is 6.18 Å². The van der Waals surface area contributed by atoms with Gasteiger partial charge in [-0.3, -0.25) is 4.79 Å². The van der Waals surface area contributed by atoms with E-state index in [0.717, 1.165) is 18.9 Å². The third-order valence-electron chi connectivity index (χ3n) is 8.05. The number of carbonyl (C=O) groups is 1. The molecule has 2 N–H and O–H groups in total. The molecule has 2 aliphatic heterocycles. The molecule has 5 rings (SSSR count). The molecule has 2 fully saturated rings. The maximum absolute atomic E-state index is 13.9. The Bertz CT molecular complexity index is 1540. The lowest BCUT2D eigenvalue weighted by Crippen LogP contribution is -2.47. The number of carbonyl (C=O) groups excluding carboxylic acids is 1. The Labute approximate surface area is 242 Å². The molecule has 1 amide bonds. The molecule has 2 aromatic carbocycles. The molecule has 0 spiro atoms. The summed E-state index contributed by atoms with van der Waals surface area (Å²) >= 11 is 0. The number of aromatic nitrogens is 2. The zero-order chi connectivity index (χ0) is 30.2. The van der Waals surface area contributed by atoms with Gasteiger partial charge in [-0.2, -0.15) is 13.2 Å². The fourth-order valence-corrected chi connectivity index (χ4v) is 6.60. The van der Waals surface area contributed by atoms with E-state index in [0.29, 0.717) is 30.4 Å². The number of aliphatic hydroxyl groups is 1. The molecule has 2 bridgehead atoms. The van der Waals surface area contributed by atoms with Gasteiger partial charge < -0.3 is 24.6 Å². The van der Waals surface area contributed by atoms with Gasteiger partial charge in [0.2, 0.25) is 5.95 Å². The monoisotopic (exact) mass is 606 g/mol. The van der Waals surface area contributed by atoms with Crippen LogP contribution in [-0.4, -0.2) is 66.6 Å². The summed E-state index contributed by atoms with van der Waals surface area (Å²) in [5, 5.41) is 12.8. The summed E-state index contributed by atoms with van der Waals surface area (Å²) in [7, 11) is -3.42. The van der Waals surface area contributed by atoms with E-state index in [2.05, 4.69) is 15.2 Å². The molecule has 2 unspecified atom stereocenters. The van der Waals surface area contributed by atoms with Gasteiger partial charge in [0, 0.05) is 5.69 Å². The van der Waals surface area contributed by atoms with Gasteiger partial charge in [-0.25, -0.2) is 13.4 Å². The van der Waals surface area contributed by atoms with Gasteiger partial charge in [0.1, 0.15) is 0 Å².